The van der Waals surface area contributed by atoms with Crippen LogP contribution < -0.4 is 5.73 Å². The van der Waals surface area contributed by atoms with Crippen LogP contribution in [0.25, 0.3) is 0 Å². The summed E-state index contributed by atoms with van der Waals surface area (Å²) in [6.07, 6.45) is 2.03. The predicted molar refractivity (Wildman–Crippen MR) is 67.8 cm³/mol. The maximum Gasteiger partial charge on any atom is 0.162 e. The van der Waals surface area contributed by atoms with Crippen LogP contribution in [-0.4, -0.2) is 16.6 Å². The van der Waals surface area contributed by atoms with Gasteiger partial charge in [-0.05, 0) is 32.6 Å². The molecule has 0 amide bonds. The van der Waals surface area contributed by atoms with E-state index in [1.165, 1.54) is 0 Å². The SMILES string of the molecule is Cc1nc(C2(C)CCCO2)nc(N)c1C(C)C. The molecule has 0 bridgehead atoms. The number of aryl methyl sites for hydroxylation is 1. The van der Waals surface area contributed by atoms with Crippen molar-refractivity contribution in [2.75, 3.05) is 12.3 Å². The van der Waals surface area contributed by atoms with Gasteiger partial charge in [-0.25, -0.2) is 9.97 Å². The third kappa shape index (κ3) is 2.14. The lowest BCUT2D eigenvalue weighted by Crippen LogP contribution is -2.25. The lowest BCUT2D eigenvalue weighted by Gasteiger charge is -2.23. The summed E-state index contributed by atoms with van der Waals surface area (Å²) in [5.74, 6) is 1.68. The first-order valence-corrected chi connectivity index (χ1v) is 6.22. The van der Waals surface area contributed by atoms with E-state index in [1.54, 1.807) is 0 Å². The molecular formula is C13H21N3O. The van der Waals surface area contributed by atoms with Crippen molar-refractivity contribution in [3.63, 3.8) is 0 Å². The molecule has 0 aromatic carbocycles. The van der Waals surface area contributed by atoms with Crippen molar-refractivity contribution in [3.8, 4) is 0 Å². The van der Waals surface area contributed by atoms with Crippen LogP contribution in [0.4, 0.5) is 5.82 Å². The summed E-state index contributed by atoms with van der Waals surface area (Å²) >= 11 is 0. The molecule has 1 saturated heterocycles. The molecule has 1 aromatic heterocycles. The second-order valence-corrected chi connectivity index (χ2v) is 5.27. The van der Waals surface area contributed by atoms with Gasteiger partial charge in [-0.2, -0.15) is 0 Å². The lowest BCUT2D eigenvalue weighted by molar-refractivity contribution is 0.00928. The van der Waals surface area contributed by atoms with E-state index in [2.05, 4.69) is 23.8 Å². The van der Waals surface area contributed by atoms with Crippen molar-refractivity contribution >= 4 is 5.82 Å². The number of nitrogen functional groups attached to an aromatic ring is 1. The summed E-state index contributed by atoms with van der Waals surface area (Å²) in [7, 11) is 0. The molecule has 1 unspecified atom stereocenters. The van der Waals surface area contributed by atoms with E-state index < -0.39 is 0 Å². The number of ether oxygens (including phenoxy) is 1. The minimum Gasteiger partial charge on any atom is -0.383 e. The zero-order valence-electron chi connectivity index (χ0n) is 11.1. The Kier molecular flexibility index (Phi) is 3.08. The van der Waals surface area contributed by atoms with E-state index >= 15 is 0 Å². The van der Waals surface area contributed by atoms with Gasteiger partial charge in [0.2, 0.25) is 0 Å². The van der Waals surface area contributed by atoms with E-state index in [9.17, 15) is 0 Å². The molecule has 2 N–H and O–H groups in total. The summed E-state index contributed by atoms with van der Waals surface area (Å²) in [5, 5.41) is 0. The van der Waals surface area contributed by atoms with Crippen molar-refractivity contribution in [3.05, 3.63) is 17.1 Å². The van der Waals surface area contributed by atoms with Gasteiger partial charge in [0.1, 0.15) is 11.4 Å². The van der Waals surface area contributed by atoms with Crippen LogP contribution in [0.15, 0.2) is 0 Å². The molecule has 94 valence electrons. The van der Waals surface area contributed by atoms with E-state index in [4.69, 9.17) is 10.5 Å². The number of rotatable bonds is 2. The molecular weight excluding hydrogens is 214 g/mol. The van der Waals surface area contributed by atoms with Gasteiger partial charge in [0.15, 0.2) is 5.82 Å². The molecule has 0 radical (unpaired) electrons. The summed E-state index contributed by atoms with van der Waals surface area (Å²) in [4.78, 5) is 9.04. The monoisotopic (exact) mass is 235 g/mol. The Labute approximate surface area is 103 Å². The highest BCUT2D eigenvalue weighted by Crippen LogP contribution is 2.35. The van der Waals surface area contributed by atoms with E-state index in [0.29, 0.717) is 11.7 Å². The highest BCUT2D eigenvalue weighted by Gasteiger charge is 2.35. The van der Waals surface area contributed by atoms with Crippen molar-refractivity contribution in [1.29, 1.82) is 0 Å². The summed E-state index contributed by atoms with van der Waals surface area (Å²) in [5.41, 5.74) is 7.71. The summed E-state index contributed by atoms with van der Waals surface area (Å²) in [6, 6.07) is 0. The molecule has 0 saturated carbocycles. The first-order chi connectivity index (χ1) is 7.94. The Hall–Kier alpha value is -1.16. The number of nitrogens with two attached hydrogens (primary N) is 1. The maximum absolute atomic E-state index is 6.04. The molecule has 2 rings (SSSR count). The highest BCUT2D eigenvalue weighted by atomic mass is 16.5. The van der Waals surface area contributed by atoms with Gasteiger partial charge in [0.05, 0.1) is 0 Å². The van der Waals surface area contributed by atoms with E-state index in [-0.39, 0.29) is 5.60 Å². The molecule has 1 aromatic rings. The smallest absolute Gasteiger partial charge is 0.162 e. The molecule has 4 nitrogen and oxygen atoms in total. The topological polar surface area (TPSA) is 61.0 Å². The zero-order chi connectivity index (χ0) is 12.6. The van der Waals surface area contributed by atoms with Gasteiger partial charge in [-0.3, -0.25) is 0 Å². The Bertz CT molecular complexity index is 400. The van der Waals surface area contributed by atoms with Crippen LogP contribution in [0.1, 0.15) is 56.6 Å². The van der Waals surface area contributed by atoms with Crippen LogP contribution in [0, 0.1) is 6.92 Å². The number of nitrogens with zero attached hydrogens (tertiary/aromatic N) is 2. The van der Waals surface area contributed by atoms with E-state index in [1.807, 2.05) is 13.8 Å². The third-order valence-electron chi connectivity index (χ3n) is 3.43. The fourth-order valence-electron chi connectivity index (χ4n) is 2.51. The minimum absolute atomic E-state index is 0.348. The lowest BCUT2D eigenvalue weighted by atomic mass is 9.99. The molecule has 1 fully saturated rings. The van der Waals surface area contributed by atoms with Gasteiger partial charge in [0, 0.05) is 17.9 Å². The Morgan fingerprint density at radius 3 is 2.53 bits per heavy atom. The molecule has 1 aliphatic rings. The minimum atomic E-state index is -0.353. The Morgan fingerprint density at radius 1 is 1.35 bits per heavy atom. The predicted octanol–water partition coefficient (Wildman–Crippen LogP) is 2.52. The second kappa shape index (κ2) is 4.26. The largest absolute Gasteiger partial charge is 0.383 e. The van der Waals surface area contributed by atoms with Crippen LogP contribution >= 0.6 is 0 Å². The maximum atomic E-state index is 6.04. The van der Waals surface area contributed by atoms with Crippen LogP contribution in [0.3, 0.4) is 0 Å². The molecule has 2 heterocycles. The molecule has 0 spiro atoms. The zero-order valence-corrected chi connectivity index (χ0v) is 11.1. The first-order valence-electron chi connectivity index (χ1n) is 6.22. The third-order valence-corrected chi connectivity index (χ3v) is 3.43. The Balaban J connectivity index is 2.45. The van der Waals surface area contributed by atoms with Crippen molar-refractivity contribution in [1.82, 2.24) is 9.97 Å². The molecule has 1 aliphatic heterocycles. The molecule has 17 heavy (non-hydrogen) atoms. The van der Waals surface area contributed by atoms with Gasteiger partial charge >= 0.3 is 0 Å². The van der Waals surface area contributed by atoms with Gasteiger partial charge in [0.25, 0.3) is 0 Å². The normalized spacial score (nSPS) is 24.5. The number of hydrogen-bond donors (Lipinski definition) is 1. The average molecular weight is 235 g/mol. The summed E-state index contributed by atoms with van der Waals surface area (Å²) in [6.45, 7) is 9.04. The van der Waals surface area contributed by atoms with Crippen molar-refractivity contribution in [2.45, 2.75) is 52.1 Å². The van der Waals surface area contributed by atoms with Gasteiger partial charge < -0.3 is 10.5 Å². The fraction of sp³-hybridized carbons (Fsp3) is 0.692. The van der Waals surface area contributed by atoms with Crippen molar-refractivity contribution in [2.24, 2.45) is 0 Å². The number of hydrogen-bond acceptors (Lipinski definition) is 4. The molecule has 0 aliphatic carbocycles. The highest BCUT2D eigenvalue weighted by molar-refractivity contribution is 5.44. The molecule has 1 atom stereocenters. The van der Waals surface area contributed by atoms with Crippen LogP contribution in [0.5, 0.6) is 0 Å². The van der Waals surface area contributed by atoms with Crippen molar-refractivity contribution < 1.29 is 4.74 Å². The van der Waals surface area contributed by atoms with E-state index in [0.717, 1.165) is 36.5 Å². The van der Waals surface area contributed by atoms with Gasteiger partial charge in [-0.15, -0.1) is 0 Å². The van der Waals surface area contributed by atoms with Crippen LogP contribution in [0.2, 0.25) is 0 Å². The second-order valence-electron chi connectivity index (χ2n) is 5.27. The molecule has 4 heteroatoms. The van der Waals surface area contributed by atoms with Crippen LogP contribution in [-0.2, 0) is 10.3 Å². The van der Waals surface area contributed by atoms with Gasteiger partial charge in [-0.1, -0.05) is 13.8 Å². The first kappa shape index (κ1) is 12.3. The fourth-order valence-corrected chi connectivity index (χ4v) is 2.51. The Morgan fingerprint density at radius 2 is 2.06 bits per heavy atom. The summed E-state index contributed by atoms with van der Waals surface area (Å²) < 4.78 is 5.76. The number of aromatic nitrogens is 2. The number of anilines is 1. The average Bonchev–Trinajstić information content (AvgIpc) is 2.64. The quantitative estimate of drug-likeness (QED) is 0.855. The standard InChI is InChI=1S/C13H21N3O/c1-8(2)10-9(3)15-12(16-11(10)14)13(4)6-5-7-17-13/h8H,5-7H2,1-4H3,(H2,14,15,16).